The minimum atomic E-state index is 0.536. The molecule has 0 spiro atoms. The van der Waals surface area contributed by atoms with E-state index in [1.807, 2.05) is 36.7 Å². The van der Waals surface area contributed by atoms with Gasteiger partial charge in [0.2, 0.25) is 0 Å². The van der Waals surface area contributed by atoms with Crippen LogP contribution in [0.4, 0.5) is 0 Å². The second-order valence-corrected chi connectivity index (χ2v) is 3.67. The monoisotopic (exact) mass is 192 g/mol. The first-order valence-corrected chi connectivity index (χ1v) is 5.39. The van der Waals surface area contributed by atoms with Crippen molar-refractivity contribution in [3.05, 3.63) is 36.7 Å². The van der Waals surface area contributed by atoms with Gasteiger partial charge in [0.1, 0.15) is 0 Å². The van der Waals surface area contributed by atoms with Crippen LogP contribution in [-0.2, 0) is 0 Å². The highest BCUT2D eigenvalue weighted by atomic mass is 14.8. The van der Waals surface area contributed by atoms with Gasteiger partial charge in [0, 0.05) is 18.4 Å². The summed E-state index contributed by atoms with van der Waals surface area (Å²) in [4.78, 5) is 0. The minimum Gasteiger partial charge on any atom is -0.368 e. The molecular weight excluding hydrogens is 172 g/mol. The third-order valence-electron chi connectivity index (χ3n) is 2.37. The van der Waals surface area contributed by atoms with Crippen LogP contribution < -0.4 is 11.1 Å². The average molecular weight is 192 g/mol. The van der Waals surface area contributed by atoms with Crippen molar-refractivity contribution in [3.63, 3.8) is 0 Å². The van der Waals surface area contributed by atoms with E-state index in [4.69, 9.17) is 5.73 Å². The molecule has 1 fully saturated rings. The van der Waals surface area contributed by atoms with Crippen molar-refractivity contribution in [1.29, 1.82) is 0 Å². The lowest BCUT2D eigenvalue weighted by Crippen LogP contribution is -2.22. The van der Waals surface area contributed by atoms with Gasteiger partial charge in [-0.25, -0.2) is 0 Å². The highest BCUT2D eigenvalue weighted by Gasteiger charge is 2.06. The Labute approximate surface area is 86.6 Å². The van der Waals surface area contributed by atoms with Crippen molar-refractivity contribution in [1.82, 2.24) is 5.32 Å². The number of hydrogen-bond acceptors (Lipinski definition) is 2. The zero-order valence-electron chi connectivity index (χ0n) is 8.65. The van der Waals surface area contributed by atoms with E-state index in [9.17, 15) is 0 Å². The van der Waals surface area contributed by atoms with Crippen molar-refractivity contribution in [3.8, 4) is 0 Å². The molecule has 14 heavy (non-hydrogen) atoms. The Kier molecular flexibility index (Phi) is 5.84. The maximum absolute atomic E-state index is 5.63. The van der Waals surface area contributed by atoms with Crippen molar-refractivity contribution in [2.24, 2.45) is 5.73 Å². The summed E-state index contributed by atoms with van der Waals surface area (Å²) in [7, 11) is 0. The van der Waals surface area contributed by atoms with Crippen LogP contribution in [0.25, 0.3) is 0 Å². The van der Waals surface area contributed by atoms with Gasteiger partial charge in [-0.15, -0.1) is 0 Å². The first-order valence-electron chi connectivity index (χ1n) is 5.39. The molecule has 0 aromatic heterocycles. The Morgan fingerprint density at radius 1 is 0.857 bits per heavy atom. The maximum atomic E-state index is 5.63. The molecule has 0 radical (unpaired) electrons. The van der Waals surface area contributed by atoms with E-state index in [1.54, 1.807) is 0 Å². The van der Waals surface area contributed by atoms with Gasteiger partial charge in [-0.2, -0.15) is 0 Å². The average Bonchev–Trinajstić information content (AvgIpc) is 2.51. The predicted molar refractivity (Wildman–Crippen MR) is 61.6 cm³/mol. The fourth-order valence-corrected chi connectivity index (χ4v) is 1.54. The van der Waals surface area contributed by atoms with Gasteiger partial charge in [0.15, 0.2) is 0 Å². The van der Waals surface area contributed by atoms with E-state index >= 15 is 0 Å². The predicted octanol–water partition coefficient (Wildman–Crippen LogP) is 2.45. The molecule has 1 aliphatic carbocycles. The molecule has 1 aliphatic heterocycles. The zero-order chi connectivity index (χ0) is 10.1. The number of nitrogens with two attached hydrogens (primary N) is 1. The Morgan fingerprint density at radius 2 is 1.43 bits per heavy atom. The molecule has 0 saturated heterocycles. The number of nitrogens with one attached hydrogen (secondary N) is 1. The first kappa shape index (κ1) is 11.1. The zero-order valence-corrected chi connectivity index (χ0v) is 8.65. The van der Waals surface area contributed by atoms with Crippen LogP contribution in [-0.4, -0.2) is 6.04 Å². The molecule has 0 unspecified atom stereocenters. The third-order valence-corrected chi connectivity index (χ3v) is 2.37. The minimum absolute atomic E-state index is 0.536. The van der Waals surface area contributed by atoms with Gasteiger partial charge >= 0.3 is 0 Å². The molecule has 0 amide bonds. The summed E-state index contributed by atoms with van der Waals surface area (Å²) in [6, 6.07) is 0.536. The maximum Gasteiger partial charge on any atom is 0.00388 e. The van der Waals surface area contributed by atoms with E-state index in [0.29, 0.717) is 6.04 Å². The topological polar surface area (TPSA) is 38.0 Å². The summed E-state index contributed by atoms with van der Waals surface area (Å²) in [5.74, 6) is 0. The normalized spacial score (nSPS) is 20.6. The van der Waals surface area contributed by atoms with Crippen LogP contribution in [0.2, 0.25) is 0 Å². The van der Waals surface area contributed by atoms with Crippen LogP contribution in [0.3, 0.4) is 0 Å². The Hall–Kier alpha value is -1.02. The molecule has 0 bridgehead atoms. The number of allylic oxidation sites excluding steroid dienone is 4. The molecule has 0 atom stereocenters. The summed E-state index contributed by atoms with van der Waals surface area (Å²) >= 11 is 0. The quantitative estimate of drug-likeness (QED) is 0.618. The van der Waals surface area contributed by atoms with Crippen LogP contribution in [0, 0.1) is 0 Å². The van der Waals surface area contributed by atoms with Crippen LogP contribution in [0.1, 0.15) is 32.1 Å². The Balaban J connectivity index is 0.000000140. The van der Waals surface area contributed by atoms with Crippen molar-refractivity contribution >= 4 is 0 Å². The summed E-state index contributed by atoms with van der Waals surface area (Å²) in [5.41, 5.74) is 5.63. The van der Waals surface area contributed by atoms with Crippen molar-refractivity contribution in [2.75, 3.05) is 0 Å². The molecule has 3 N–H and O–H groups in total. The van der Waals surface area contributed by atoms with Crippen LogP contribution >= 0.6 is 0 Å². The third kappa shape index (κ3) is 5.60. The van der Waals surface area contributed by atoms with E-state index in [2.05, 4.69) is 5.32 Å². The highest BCUT2D eigenvalue weighted by Crippen LogP contribution is 2.14. The summed E-state index contributed by atoms with van der Waals surface area (Å²) in [5, 5.41) is 2.92. The largest absolute Gasteiger partial charge is 0.368 e. The lowest BCUT2D eigenvalue weighted by atomic mass is 9.97. The number of hydrogen-bond donors (Lipinski definition) is 2. The van der Waals surface area contributed by atoms with E-state index < -0.39 is 0 Å². The molecule has 0 aromatic carbocycles. The SMILES string of the molecule is C1=CC=CNC=C1.NC1CCCCC1. The number of rotatable bonds is 0. The van der Waals surface area contributed by atoms with E-state index in [-0.39, 0.29) is 0 Å². The lowest BCUT2D eigenvalue weighted by molar-refractivity contribution is 0.441. The van der Waals surface area contributed by atoms with Gasteiger partial charge in [-0.05, 0) is 25.0 Å². The molecule has 78 valence electrons. The van der Waals surface area contributed by atoms with Gasteiger partial charge in [-0.1, -0.05) is 31.4 Å². The fraction of sp³-hybridized carbons (Fsp3) is 0.500. The second-order valence-electron chi connectivity index (χ2n) is 3.67. The fourth-order valence-electron chi connectivity index (χ4n) is 1.54. The molecular formula is C12H20N2. The van der Waals surface area contributed by atoms with Crippen molar-refractivity contribution in [2.45, 2.75) is 38.1 Å². The standard InChI is InChI=1S/C6H7N.C6H13N/c1-2-4-6-7-5-3-1;7-6-4-2-1-3-5-6/h1-7H;6H,1-5,7H2. The van der Waals surface area contributed by atoms with Crippen LogP contribution in [0.15, 0.2) is 36.7 Å². The molecule has 2 rings (SSSR count). The lowest BCUT2D eigenvalue weighted by Gasteiger charge is -2.15. The Bertz CT molecular complexity index is 196. The van der Waals surface area contributed by atoms with Gasteiger partial charge in [0.05, 0.1) is 0 Å². The van der Waals surface area contributed by atoms with Gasteiger partial charge in [-0.3, -0.25) is 0 Å². The summed E-state index contributed by atoms with van der Waals surface area (Å²) < 4.78 is 0. The van der Waals surface area contributed by atoms with Crippen molar-refractivity contribution < 1.29 is 0 Å². The molecule has 1 saturated carbocycles. The van der Waals surface area contributed by atoms with E-state index in [1.165, 1.54) is 32.1 Å². The first-order chi connectivity index (χ1) is 6.89. The van der Waals surface area contributed by atoms with Gasteiger partial charge in [0.25, 0.3) is 0 Å². The summed E-state index contributed by atoms with van der Waals surface area (Å²) in [6.45, 7) is 0. The molecule has 2 aliphatic rings. The highest BCUT2D eigenvalue weighted by molar-refractivity contribution is 5.14. The van der Waals surface area contributed by atoms with E-state index in [0.717, 1.165) is 0 Å². The molecule has 0 aromatic rings. The second kappa shape index (κ2) is 7.39. The molecule has 2 nitrogen and oxygen atoms in total. The molecule has 2 heteroatoms. The van der Waals surface area contributed by atoms with Gasteiger partial charge < -0.3 is 11.1 Å². The smallest absolute Gasteiger partial charge is 0.00388 e. The Morgan fingerprint density at radius 3 is 1.86 bits per heavy atom. The summed E-state index contributed by atoms with van der Waals surface area (Å²) in [6.07, 6.45) is 18.2. The molecule has 1 heterocycles. The van der Waals surface area contributed by atoms with Crippen LogP contribution in [0.5, 0.6) is 0 Å².